The van der Waals surface area contributed by atoms with E-state index in [9.17, 15) is 0 Å². The maximum atomic E-state index is 5.76. The third-order valence-electron chi connectivity index (χ3n) is 1.16. The average molecular weight is 181 g/mol. The van der Waals surface area contributed by atoms with Gasteiger partial charge in [-0.1, -0.05) is 43.1 Å². The number of rotatable bonds is 5. The molecule has 1 nitrogen and oxygen atoms in total. The lowest BCUT2D eigenvalue weighted by molar-refractivity contribution is 1.02. The average Bonchev–Trinajstić information content (AvgIpc) is 2.01. The minimum Gasteiger partial charge on any atom is -0.320 e. The minimum atomic E-state index is -0.121. The molecule has 0 fully saturated rings. The van der Waals surface area contributed by atoms with Crippen molar-refractivity contribution in [3.8, 4) is 0 Å². The molecule has 0 rings (SSSR count). The monoisotopic (exact) mass is 181 g/mol. The van der Waals surface area contributed by atoms with Crippen molar-refractivity contribution in [3.05, 3.63) is 47.8 Å². The molecule has 0 bridgehead atoms. The van der Waals surface area contributed by atoms with Gasteiger partial charge in [-0.25, -0.2) is 0 Å². The van der Waals surface area contributed by atoms with Crippen LogP contribution in [-0.2, 0) is 0 Å². The van der Waals surface area contributed by atoms with Crippen LogP contribution >= 0.6 is 11.8 Å². The fraction of sp³-hybridized carbons (Fsp3) is 0.200. The van der Waals surface area contributed by atoms with Crippen LogP contribution in [0.15, 0.2) is 47.8 Å². The summed E-state index contributed by atoms with van der Waals surface area (Å²) < 4.78 is 0. The smallest absolute Gasteiger partial charge is 0.0542 e. The van der Waals surface area contributed by atoms with E-state index in [4.69, 9.17) is 5.73 Å². The molecule has 0 heterocycles. The minimum absolute atomic E-state index is 0.121. The molecule has 0 aliphatic rings. The number of nitrogens with two attached hydrogens (primary N) is 1. The Balaban J connectivity index is 4.43. The molecule has 0 aromatic heterocycles. The molecule has 0 spiro atoms. The molecular weight excluding hydrogens is 166 g/mol. The number of thioether (sulfide) groups is 1. The van der Waals surface area contributed by atoms with E-state index >= 15 is 0 Å². The van der Waals surface area contributed by atoms with Gasteiger partial charge in [0.2, 0.25) is 0 Å². The topological polar surface area (TPSA) is 26.0 Å². The van der Waals surface area contributed by atoms with Crippen LogP contribution < -0.4 is 5.73 Å². The Bertz CT molecular complexity index is 216. The molecule has 0 aliphatic carbocycles. The van der Waals surface area contributed by atoms with Crippen molar-refractivity contribution in [2.24, 2.45) is 5.73 Å². The summed E-state index contributed by atoms with van der Waals surface area (Å²) in [5.41, 5.74) is 5.76. The number of hydrogen-bond donors (Lipinski definition) is 1. The summed E-state index contributed by atoms with van der Waals surface area (Å²) in [6, 6.07) is -0.121. The fourth-order valence-corrected chi connectivity index (χ4v) is 1.45. The fourth-order valence-electron chi connectivity index (χ4n) is 0.647. The molecule has 12 heavy (non-hydrogen) atoms. The van der Waals surface area contributed by atoms with Crippen LogP contribution in [-0.4, -0.2) is 6.04 Å². The Hall–Kier alpha value is -0.730. The van der Waals surface area contributed by atoms with E-state index in [0.29, 0.717) is 0 Å². The second-order valence-corrected chi connectivity index (χ2v) is 3.74. The molecule has 0 aliphatic heterocycles. The van der Waals surface area contributed by atoms with Crippen molar-refractivity contribution in [3.63, 3.8) is 0 Å². The highest BCUT2D eigenvalue weighted by molar-refractivity contribution is 8.06. The summed E-state index contributed by atoms with van der Waals surface area (Å²) in [4.78, 5) is 2.04. The van der Waals surface area contributed by atoms with Gasteiger partial charge in [-0.2, -0.15) is 0 Å². The molecule has 0 aromatic rings. The van der Waals surface area contributed by atoms with E-state index in [1.165, 1.54) is 0 Å². The standard InChI is InChI=1S/C10H15NS/c1-5-7-10(9(11)6-2)12-8(3)4/h5-7,9H,1-3,11H2,4H3/b10-7-/t9-/m1/s1. The Labute approximate surface area is 78.7 Å². The maximum absolute atomic E-state index is 5.76. The van der Waals surface area contributed by atoms with Crippen LogP contribution in [0.25, 0.3) is 0 Å². The lowest BCUT2D eigenvalue weighted by atomic mass is 10.3. The van der Waals surface area contributed by atoms with Crippen molar-refractivity contribution in [2.75, 3.05) is 0 Å². The normalized spacial score (nSPS) is 13.7. The van der Waals surface area contributed by atoms with Gasteiger partial charge in [0.05, 0.1) is 6.04 Å². The van der Waals surface area contributed by atoms with E-state index in [2.05, 4.69) is 19.7 Å². The highest BCUT2D eigenvalue weighted by atomic mass is 32.2. The molecule has 0 saturated carbocycles. The SMILES string of the molecule is C=C/C=C(\SC(=C)C)[C@H](N)C=C. The predicted octanol–water partition coefficient (Wildman–Crippen LogP) is 2.84. The lowest BCUT2D eigenvalue weighted by Gasteiger charge is -2.10. The largest absolute Gasteiger partial charge is 0.320 e. The van der Waals surface area contributed by atoms with Crippen LogP contribution in [0, 0.1) is 0 Å². The molecule has 66 valence electrons. The molecule has 0 aromatic carbocycles. The second kappa shape index (κ2) is 5.86. The van der Waals surface area contributed by atoms with E-state index in [1.807, 2.05) is 13.0 Å². The van der Waals surface area contributed by atoms with Crippen LogP contribution in [0.4, 0.5) is 0 Å². The van der Waals surface area contributed by atoms with Crippen LogP contribution in [0.1, 0.15) is 6.92 Å². The van der Waals surface area contributed by atoms with E-state index in [-0.39, 0.29) is 6.04 Å². The van der Waals surface area contributed by atoms with Gasteiger partial charge in [0, 0.05) is 4.91 Å². The van der Waals surface area contributed by atoms with Gasteiger partial charge in [-0.15, -0.1) is 6.58 Å². The van der Waals surface area contributed by atoms with Crippen molar-refractivity contribution in [1.29, 1.82) is 0 Å². The Morgan fingerprint density at radius 2 is 2.08 bits per heavy atom. The Morgan fingerprint density at radius 1 is 1.50 bits per heavy atom. The van der Waals surface area contributed by atoms with Crippen LogP contribution in [0.5, 0.6) is 0 Å². The van der Waals surface area contributed by atoms with Gasteiger partial charge in [-0.3, -0.25) is 0 Å². The molecule has 0 amide bonds. The maximum Gasteiger partial charge on any atom is 0.0542 e. The number of hydrogen-bond acceptors (Lipinski definition) is 2. The summed E-state index contributed by atoms with van der Waals surface area (Å²) in [6.07, 6.45) is 5.30. The summed E-state index contributed by atoms with van der Waals surface area (Å²) >= 11 is 1.56. The second-order valence-electron chi connectivity index (χ2n) is 2.37. The zero-order chi connectivity index (χ0) is 9.56. The molecule has 2 heteroatoms. The zero-order valence-electron chi connectivity index (χ0n) is 7.42. The summed E-state index contributed by atoms with van der Waals surface area (Å²) in [5.74, 6) is 0. The summed E-state index contributed by atoms with van der Waals surface area (Å²) in [6.45, 7) is 13.0. The lowest BCUT2D eigenvalue weighted by Crippen LogP contribution is -2.17. The van der Waals surface area contributed by atoms with Crippen LogP contribution in [0.2, 0.25) is 0 Å². The Kier molecular flexibility index (Phi) is 5.51. The van der Waals surface area contributed by atoms with Crippen molar-refractivity contribution < 1.29 is 0 Å². The van der Waals surface area contributed by atoms with Gasteiger partial charge in [0.25, 0.3) is 0 Å². The molecule has 0 unspecified atom stereocenters. The highest BCUT2D eigenvalue weighted by Crippen LogP contribution is 2.25. The number of allylic oxidation sites excluding steroid dienone is 3. The van der Waals surface area contributed by atoms with Gasteiger partial charge in [0.1, 0.15) is 0 Å². The van der Waals surface area contributed by atoms with E-state index in [1.54, 1.807) is 23.9 Å². The third kappa shape index (κ3) is 4.21. The first kappa shape index (κ1) is 11.3. The van der Waals surface area contributed by atoms with Crippen molar-refractivity contribution in [2.45, 2.75) is 13.0 Å². The molecule has 0 saturated heterocycles. The van der Waals surface area contributed by atoms with E-state index < -0.39 is 0 Å². The first-order chi connectivity index (χ1) is 5.61. The van der Waals surface area contributed by atoms with Gasteiger partial charge < -0.3 is 5.73 Å². The first-order valence-corrected chi connectivity index (χ1v) is 4.47. The van der Waals surface area contributed by atoms with Gasteiger partial charge in [0.15, 0.2) is 0 Å². The van der Waals surface area contributed by atoms with Crippen molar-refractivity contribution in [1.82, 2.24) is 0 Å². The summed E-state index contributed by atoms with van der Waals surface area (Å²) in [7, 11) is 0. The molecule has 1 atom stereocenters. The molecular formula is C10H15NS. The molecule has 0 radical (unpaired) electrons. The summed E-state index contributed by atoms with van der Waals surface area (Å²) in [5, 5.41) is 0. The van der Waals surface area contributed by atoms with Gasteiger partial charge >= 0.3 is 0 Å². The Morgan fingerprint density at radius 3 is 2.42 bits per heavy atom. The molecule has 2 N–H and O–H groups in total. The van der Waals surface area contributed by atoms with Gasteiger partial charge in [-0.05, 0) is 11.8 Å². The first-order valence-electron chi connectivity index (χ1n) is 3.66. The zero-order valence-corrected chi connectivity index (χ0v) is 8.23. The van der Waals surface area contributed by atoms with Crippen LogP contribution in [0.3, 0.4) is 0 Å². The quantitative estimate of drug-likeness (QED) is 0.521. The van der Waals surface area contributed by atoms with Crippen molar-refractivity contribution >= 4 is 11.8 Å². The highest BCUT2D eigenvalue weighted by Gasteiger charge is 2.04. The predicted molar refractivity (Wildman–Crippen MR) is 58.9 cm³/mol. The third-order valence-corrected chi connectivity index (χ3v) is 2.15. The van der Waals surface area contributed by atoms with E-state index in [0.717, 1.165) is 9.81 Å².